The van der Waals surface area contributed by atoms with E-state index in [4.69, 9.17) is 4.74 Å². The molecule has 7 heteroatoms. The van der Waals surface area contributed by atoms with Crippen molar-refractivity contribution in [1.82, 2.24) is 9.62 Å². The molecule has 0 aromatic heterocycles. The summed E-state index contributed by atoms with van der Waals surface area (Å²) >= 11 is 0. The summed E-state index contributed by atoms with van der Waals surface area (Å²) in [5.41, 5.74) is 1.01. The maximum absolute atomic E-state index is 12.5. The molecule has 1 N–H and O–H groups in total. The highest BCUT2D eigenvalue weighted by molar-refractivity contribution is 7.89. The Morgan fingerprint density at radius 1 is 1.11 bits per heavy atom. The minimum Gasteiger partial charge on any atom is -0.497 e. The molecule has 1 amide bonds. The number of ether oxygens (including phenoxy) is 1. The summed E-state index contributed by atoms with van der Waals surface area (Å²) in [6, 6.07) is 15.8. The number of methoxy groups -OCH3 is 1. The van der Waals surface area contributed by atoms with Crippen LogP contribution in [0.4, 0.5) is 0 Å². The van der Waals surface area contributed by atoms with Crippen LogP contribution in [0.15, 0.2) is 59.5 Å². The highest BCUT2D eigenvalue weighted by Crippen LogP contribution is 2.20. The first kappa shape index (κ1) is 21.9. The maximum Gasteiger partial charge on any atom is 0.242 e. The standard InChI is InChI=1S/C21H28N2O4S/c1-4-20(17-12-14-18(27-3)15-13-17)22-21(24)11-8-16-23(2)28(25,26)19-9-6-5-7-10-19/h5-7,9-10,12-15,20H,4,8,11,16H2,1-3H3,(H,22,24)/t20-/m1/s1. The Hall–Kier alpha value is -2.38. The molecule has 0 saturated heterocycles. The quantitative estimate of drug-likeness (QED) is 0.659. The van der Waals surface area contributed by atoms with Gasteiger partial charge in [0.25, 0.3) is 0 Å². The van der Waals surface area contributed by atoms with E-state index >= 15 is 0 Å². The first-order valence-corrected chi connectivity index (χ1v) is 10.8. The summed E-state index contributed by atoms with van der Waals surface area (Å²) in [5.74, 6) is 0.681. The van der Waals surface area contributed by atoms with Crippen LogP contribution in [0.5, 0.6) is 5.75 Å². The summed E-state index contributed by atoms with van der Waals surface area (Å²) in [4.78, 5) is 12.6. The number of nitrogens with zero attached hydrogens (tertiary/aromatic N) is 1. The molecule has 0 saturated carbocycles. The largest absolute Gasteiger partial charge is 0.497 e. The number of rotatable bonds is 10. The van der Waals surface area contributed by atoms with Crippen LogP contribution in [0, 0.1) is 0 Å². The minimum atomic E-state index is -3.52. The number of carbonyl (C=O) groups excluding carboxylic acids is 1. The molecule has 0 fully saturated rings. The lowest BCUT2D eigenvalue weighted by Crippen LogP contribution is -2.31. The molecule has 28 heavy (non-hydrogen) atoms. The number of nitrogens with one attached hydrogen (secondary N) is 1. The zero-order valence-corrected chi connectivity index (χ0v) is 17.4. The molecule has 0 radical (unpaired) electrons. The lowest BCUT2D eigenvalue weighted by atomic mass is 10.0. The van der Waals surface area contributed by atoms with Gasteiger partial charge in [-0.15, -0.1) is 0 Å². The smallest absolute Gasteiger partial charge is 0.242 e. The van der Waals surface area contributed by atoms with Gasteiger partial charge in [0.05, 0.1) is 18.0 Å². The summed E-state index contributed by atoms with van der Waals surface area (Å²) in [6.45, 7) is 2.29. The van der Waals surface area contributed by atoms with Gasteiger partial charge in [0.2, 0.25) is 15.9 Å². The Morgan fingerprint density at radius 2 is 1.75 bits per heavy atom. The second-order valence-electron chi connectivity index (χ2n) is 6.54. The van der Waals surface area contributed by atoms with Crippen LogP contribution in [0.1, 0.15) is 37.8 Å². The molecule has 152 valence electrons. The van der Waals surface area contributed by atoms with Gasteiger partial charge in [-0.3, -0.25) is 4.79 Å². The summed E-state index contributed by atoms with van der Waals surface area (Å²) in [6.07, 6.45) is 1.48. The molecule has 0 heterocycles. The van der Waals surface area contributed by atoms with E-state index in [0.29, 0.717) is 6.42 Å². The second kappa shape index (κ2) is 10.2. The molecule has 0 bridgehead atoms. The van der Waals surface area contributed by atoms with Gasteiger partial charge in [-0.05, 0) is 42.7 Å². The number of carbonyl (C=O) groups is 1. The van der Waals surface area contributed by atoms with Gasteiger partial charge in [-0.1, -0.05) is 37.3 Å². The van der Waals surface area contributed by atoms with E-state index in [-0.39, 0.29) is 29.8 Å². The number of benzene rings is 2. The number of amides is 1. The fourth-order valence-electron chi connectivity index (χ4n) is 2.88. The molecule has 2 aromatic carbocycles. The third-order valence-corrected chi connectivity index (χ3v) is 6.46. The predicted molar refractivity (Wildman–Crippen MR) is 110 cm³/mol. The monoisotopic (exact) mass is 404 g/mol. The van der Waals surface area contributed by atoms with Crippen molar-refractivity contribution >= 4 is 15.9 Å². The maximum atomic E-state index is 12.5. The molecule has 1 atom stereocenters. The zero-order chi connectivity index (χ0) is 20.6. The zero-order valence-electron chi connectivity index (χ0n) is 16.6. The van der Waals surface area contributed by atoms with Gasteiger partial charge in [0.15, 0.2) is 0 Å². The second-order valence-corrected chi connectivity index (χ2v) is 8.59. The van der Waals surface area contributed by atoms with Crippen molar-refractivity contribution in [3.63, 3.8) is 0 Å². The Balaban J connectivity index is 1.85. The topological polar surface area (TPSA) is 75.7 Å². The van der Waals surface area contributed by atoms with Gasteiger partial charge in [-0.25, -0.2) is 12.7 Å². The van der Waals surface area contributed by atoms with Crippen LogP contribution >= 0.6 is 0 Å². The third kappa shape index (κ3) is 5.81. The van der Waals surface area contributed by atoms with Gasteiger partial charge in [0, 0.05) is 20.0 Å². The van der Waals surface area contributed by atoms with Crippen molar-refractivity contribution in [2.75, 3.05) is 20.7 Å². The van der Waals surface area contributed by atoms with Gasteiger partial charge >= 0.3 is 0 Å². The molecule has 2 aromatic rings. The number of hydrogen-bond acceptors (Lipinski definition) is 4. The summed E-state index contributed by atoms with van der Waals surface area (Å²) < 4.78 is 31.4. The van der Waals surface area contributed by atoms with Crippen LogP contribution < -0.4 is 10.1 Å². The Kier molecular flexibility index (Phi) is 8.02. The summed E-state index contributed by atoms with van der Waals surface area (Å²) in [5, 5.41) is 3.02. The van der Waals surface area contributed by atoms with Crippen molar-refractivity contribution in [2.45, 2.75) is 37.1 Å². The Morgan fingerprint density at radius 3 is 2.32 bits per heavy atom. The number of sulfonamides is 1. The predicted octanol–water partition coefficient (Wildman–Crippen LogP) is 3.36. The lowest BCUT2D eigenvalue weighted by Gasteiger charge is -2.19. The van der Waals surface area contributed by atoms with Crippen LogP contribution in [0.25, 0.3) is 0 Å². The first-order chi connectivity index (χ1) is 13.4. The minimum absolute atomic E-state index is 0.0795. The molecule has 0 aliphatic carbocycles. The fraction of sp³-hybridized carbons (Fsp3) is 0.381. The molecule has 6 nitrogen and oxygen atoms in total. The van der Waals surface area contributed by atoms with Crippen molar-refractivity contribution in [3.8, 4) is 5.75 Å². The van der Waals surface area contributed by atoms with E-state index in [9.17, 15) is 13.2 Å². The van der Waals surface area contributed by atoms with Crippen LogP contribution in [0.3, 0.4) is 0 Å². The average Bonchev–Trinajstić information content (AvgIpc) is 2.72. The van der Waals surface area contributed by atoms with Crippen LogP contribution in [-0.4, -0.2) is 39.3 Å². The van der Waals surface area contributed by atoms with Crippen molar-refractivity contribution in [1.29, 1.82) is 0 Å². The molecular weight excluding hydrogens is 376 g/mol. The first-order valence-electron chi connectivity index (χ1n) is 9.33. The van der Waals surface area contributed by atoms with E-state index < -0.39 is 10.0 Å². The fourth-order valence-corrected chi connectivity index (χ4v) is 4.11. The molecule has 0 aliphatic heterocycles. The lowest BCUT2D eigenvalue weighted by molar-refractivity contribution is -0.122. The number of hydrogen-bond donors (Lipinski definition) is 1. The van der Waals surface area contributed by atoms with Crippen molar-refractivity contribution in [2.24, 2.45) is 0 Å². The van der Waals surface area contributed by atoms with Gasteiger partial charge in [0.1, 0.15) is 5.75 Å². The van der Waals surface area contributed by atoms with E-state index in [2.05, 4.69) is 5.32 Å². The molecule has 0 spiro atoms. The van der Waals surface area contributed by atoms with Crippen LogP contribution in [0.2, 0.25) is 0 Å². The van der Waals surface area contributed by atoms with Crippen molar-refractivity contribution < 1.29 is 17.9 Å². The van der Waals surface area contributed by atoms with E-state index in [1.54, 1.807) is 37.4 Å². The Bertz CT molecular complexity index is 852. The molecule has 2 rings (SSSR count). The Labute approximate surface area is 167 Å². The molecular formula is C21H28N2O4S. The molecule has 0 aliphatic rings. The molecule has 0 unspecified atom stereocenters. The SMILES string of the molecule is CC[C@@H](NC(=O)CCCN(C)S(=O)(=O)c1ccccc1)c1ccc(OC)cc1. The normalized spacial score (nSPS) is 12.6. The van der Waals surface area contributed by atoms with E-state index in [1.165, 1.54) is 11.4 Å². The average molecular weight is 405 g/mol. The highest BCUT2D eigenvalue weighted by atomic mass is 32.2. The van der Waals surface area contributed by atoms with Crippen molar-refractivity contribution in [3.05, 3.63) is 60.2 Å². The van der Waals surface area contributed by atoms with Gasteiger partial charge < -0.3 is 10.1 Å². The van der Waals surface area contributed by atoms with E-state index in [0.717, 1.165) is 17.7 Å². The van der Waals surface area contributed by atoms with Crippen LogP contribution in [-0.2, 0) is 14.8 Å². The van der Waals surface area contributed by atoms with E-state index in [1.807, 2.05) is 31.2 Å². The van der Waals surface area contributed by atoms with Gasteiger partial charge in [-0.2, -0.15) is 0 Å². The summed E-state index contributed by atoms with van der Waals surface area (Å²) in [7, 11) is -0.376. The highest BCUT2D eigenvalue weighted by Gasteiger charge is 2.20. The third-order valence-electron chi connectivity index (χ3n) is 4.59.